The molecule has 4 rings (SSSR count). The molecule has 0 amide bonds. The zero-order valence-electron chi connectivity index (χ0n) is 18.6. The molecule has 0 aromatic rings. The smallest absolute Gasteiger partial charge is 0.303 e. The van der Waals surface area contributed by atoms with Crippen molar-refractivity contribution in [1.29, 1.82) is 0 Å². The number of carbonyl (C=O) groups is 1. The van der Waals surface area contributed by atoms with Gasteiger partial charge in [-0.3, -0.25) is 4.79 Å². The number of carboxylic acids is 1. The fourth-order valence-electron chi connectivity index (χ4n) is 8.74. The Balaban J connectivity index is 1.62. The van der Waals surface area contributed by atoms with Crippen molar-refractivity contribution in [1.82, 2.24) is 0 Å². The van der Waals surface area contributed by atoms with Crippen LogP contribution in [-0.4, -0.2) is 55.9 Å². The molecule has 30 heavy (non-hydrogen) atoms. The highest BCUT2D eigenvalue weighted by Gasteiger charge is 2.66. The molecule has 1 unspecified atom stereocenters. The highest BCUT2D eigenvalue weighted by atomic mass is 16.4. The largest absolute Gasteiger partial charge is 0.481 e. The van der Waals surface area contributed by atoms with Crippen LogP contribution in [-0.2, 0) is 4.79 Å². The van der Waals surface area contributed by atoms with Gasteiger partial charge in [0.1, 0.15) is 0 Å². The number of aliphatic hydroxyl groups is 4. The summed E-state index contributed by atoms with van der Waals surface area (Å²) in [6.07, 6.45) is 2.67. The van der Waals surface area contributed by atoms with Gasteiger partial charge in [0, 0.05) is 6.42 Å². The molecular formula is C24H40O6. The van der Waals surface area contributed by atoms with Crippen LogP contribution in [0.5, 0.6) is 0 Å². The second-order valence-electron chi connectivity index (χ2n) is 11.5. The van der Waals surface area contributed by atoms with Crippen molar-refractivity contribution in [3.05, 3.63) is 0 Å². The Morgan fingerprint density at radius 2 is 1.67 bits per heavy atom. The quantitative estimate of drug-likeness (QED) is 0.473. The van der Waals surface area contributed by atoms with Crippen LogP contribution in [0.4, 0.5) is 0 Å². The van der Waals surface area contributed by atoms with E-state index in [1.54, 1.807) is 0 Å². The first-order valence-electron chi connectivity index (χ1n) is 12.0. The van der Waals surface area contributed by atoms with Gasteiger partial charge in [-0.25, -0.2) is 0 Å². The molecule has 0 aromatic carbocycles. The average molecular weight is 425 g/mol. The highest BCUT2D eigenvalue weighted by molar-refractivity contribution is 5.66. The van der Waals surface area contributed by atoms with E-state index in [0.717, 1.165) is 19.3 Å². The van der Waals surface area contributed by atoms with Crippen LogP contribution in [0, 0.1) is 46.3 Å². The van der Waals surface area contributed by atoms with Crippen LogP contribution in [0.3, 0.4) is 0 Å². The van der Waals surface area contributed by atoms with E-state index in [0.29, 0.717) is 25.7 Å². The van der Waals surface area contributed by atoms with Gasteiger partial charge in [-0.05, 0) is 91.3 Å². The maximum atomic E-state index is 11.5. The standard InChI is InChI=1S/C24H40O6/c1-12(4-7-20(28)29)13-5-6-14-21-15(11-19(27)24(13,14)3)23(2)9-8-17(25)22(30)16(23)10-18(21)26/h12-19,21-22,25-27,30H,4-11H2,1-3H3,(H,28,29)/t12?,13-,14+,15+,16-,17-,18-,19+,21+,22+,23-,24-/m1/s1. The summed E-state index contributed by atoms with van der Waals surface area (Å²) in [7, 11) is 0. The number of aliphatic hydroxyl groups excluding tert-OH is 4. The van der Waals surface area contributed by atoms with Gasteiger partial charge in [-0.2, -0.15) is 0 Å². The fourth-order valence-corrected chi connectivity index (χ4v) is 8.74. The first-order chi connectivity index (χ1) is 14.0. The second kappa shape index (κ2) is 7.72. The molecule has 0 aliphatic heterocycles. The molecule has 0 radical (unpaired) electrons. The van der Waals surface area contributed by atoms with Crippen LogP contribution < -0.4 is 0 Å². The summed E-state index contributed by atoms with van der Waals surface area (Å²) < 4.78 is 0. The third-order valence-electron chi connectivity index (χ3n) is 10.4. The van der Waals surface area contributed by atoms with Gasteiger partial charge in [-0.15, -0.1) is 0 Å². The van der Waals surface area contributed by atoms with E-state index in [4.69, 9.17) is 5.11 Å². The molecular weight excluding hydrogens is 384 g/mol. The van der Waals surface area contributed by atoms with Crippen molar-refractivity contribution in [3.8, 4) is 0 Å². The van der Waals surface area contributed by atoms with Gasteiger partial charge >= 0.3 is 5.97 Å². The molecule has 4 aliphatic carbocycles. The molecule has 0 heterocycles. The average Bonchev–Trinajstić information content (AvgIpc) is 3.04. The Kier molecular flexibility index (Phi) is 5.79. The lowest BCUT2D eigenvalue weighted by atomic mass is 9.42. The zero-order valence-corrected chi connectivity index (χ0v) is 18.6. The van der Waals surface area contributed by atoms with Crippen molar-refractivity contribution in [3.63, 3.8) is 0 Å². The molecule has 0 spiro atoms. The van der Waals surface area contributed by atoms with Gasteiger partial charge in [0.05, 0.1) is 24.4 Å². The van der Waals surface area contributed by atoms with Crippen LogP contribution in [0.1, 0.15) is 72.1 Å². The molecule has 4 saturated carbocycles. The molecule has 12 atom stereocenters. The van der Waals surface area contributed by atoms with Gasteiger partial charge < -0.3 is 25.5 Å². The molecule has 5 N–H and O–H groups in total. The lowest BCUT2D eigenvalue weighted by molar-refractivity contribution is -0.228. The Morgan fingerprint density at radius 1 is 0.967 bits per heavy atom. The summed E-state index contributed by atoms with van der Waals surface area (Å²) >= 11 is 0. The van der Waals surface area contributed by atoms with E-state index in [1.807, 2.05) is 0 Å². The predicted octanol–water partition coefficient (Wildman–Crippen LogP) is 2.42. The summed E-state index contributed by atoms with van der Waals surface area (Å²) in [4.78, 5) is 11.1. The Morgan fingerprint density at radius 3 is 2.33 bits per heavy atom. The molecule has 172 valence electrons. The van der Waals surface area contributed by atoms with Gasteiger partial charge in [0.25, 0.3) is 0 Å². The van der Waals surface area contributed by atoms with E-state index < -0.39 is 30.4 Å². The van der Waals surface area contributed by atoms with Gasteiger partial charge in [0.2, 0.25) is 0 Å². The number of hydrogen-bond acceptors (Lipinski definition) is 5. The first kappa shape index (κ1) is 22.5. The Bertz CT molecular complexity index is 668. The molecule has 4 fully saturated rings. The molecule has 6 nitrogen and oxygen atoms in total. The minimum Gasteiger partial charge on any atom is -0.481 e. The number of fused-ring (bicyclic) bond motifs is 5. The van der Waals surface area contributed by atoms with Crippen molar-refractivity contribution >= 4 is 5.97 Å². The van der Waals surface area contributed by atoms with Crippen molar-refractivity contribution < 1.29 is 30.3 Å². The topological polar surface area (TPSA) is 118 Å². The third kappa shape index (κ3) is 3.16. The van der Waals surface area contributed by atoms with Crippen molar-refractivity contribution in [2.45, 2.75) is 96.6 Å². The Labute approximate surface area is 179 Å². The summed E-state index contributed by atoms with van der Waals surface area (Å²) in [5.74, 6) is 0.00666. The summed E-state index contributed by atoms with van der Waals surface area (Å²) in [5.41, 5.74) is -0.492. The number of carboxylic acid groups (broad SMARTS) is 1. The Hall–Kier alpha value is -0.690. The van der Waals surface area contributed by atoms with E-state index in [1.165, 1.54) is 0 Å². The van der Waals surface area contributed by atoms with E-state index >= 15 is 0 Å². The number of aliphatic carboxylic acids is 1. The first-order valence-corrected chi connectivity index (χ1v) is 12.0. The minimum atomic E-state index is -0.808. The highest BCUT2D eigenvalue weighted by Crippen LogP contribution is 2.68. The predicted molar refractivity (Wildman–Crippen MR) is 111 cm³/mol. The lowest BCUT2D eigenvalue weighted by Gasteiger charge is -2.64. The van der Waals surface area contributed by atoms with E-state index in [9.17, 15) is 25.2 Å². The van der Waals surface area contributed by atoms with Crippen molar-refractivity contribution in [2.24, 2.45) is 46.3 Å². The molecule has 0 saturated heterocycles. The van der Waals surface area contributed by atoms with Crippen LogP contribution in [0.25, 0.3) is 0 Å². The molecule has 0 bridgehead atoms. The third-order valence-corrected chi connectivity index (χ3v) is 10.4. The zero-order chi connectivity index (χ0) is 22.0. The monoisotopic (exact) mass is 424 g/mol. The second-order valence-corrected chi connectivity index (χ2v) is 11.5. The van der Waals surface area contributed by atoms with Crippen LogP contribution in [0.15, 0.2) is 0 Å². The van der Waals surface area contributed by atoms with Gasteiger partial charge in [-0.1, -0.05) is 20.8 Å². The summed E-state index contributed by atoms with van der Waals surface area (Å²) in [6.45, 7) is 6.50. The van der Waals surface area contributed by atoms with E-state index in [-0.39, 0.29) is 52.8 Å². The molecule has 4 aliphatic rings. The maximum Gasteiger partial charge on any atom is 0.303 e. The summed E-state index contributed by atoms with van der Waals surface area (Å²) in [5, 5.41) is 52.7. The maximum absolute atomic E-state index is 11.5. The fraction of sp³-hybridized carbons (Fsp3) is 0.958. The SMILES string of the molecule is CC(CCC(=O)O)[C@H]1CC[C@H]2[C@@H]3[C@H](O)C[C@@H]4[C@H](O)[C@H](O)CC[C@]4(C)[C@H]3C[C@H](O)[C@]12C. The lowest BCUT2D eigenvalue weighted by Crippen LogP contribution is -2.64. The van der Waals surface area contributed by atoms with Gasteiger partial charge in [0.15, 0.2) is 0 Å². The van der Waals surface area contributed by atoms with Crippen molar-refractivity contribution in [2.75, 3.05) is 0 Å². The summed E-state index contributed by atoms with van der Waals surface area (Å²) in [6, 6.07) is 0. The molecule has 6 heteroatoms. The van der Waals surface area contributed by atoms with Crippen LogP contribution >= 0.6 is 0 Å². The van der Waals surface area contributed by atoms with Crippen LogP contribution in [0.2, 0.25) is 0 Å². The number of rotatable bonds is 4. The molecule has 0 aromatic heterocycles. The minimum absolute atomic E-state index is 0.0961. The normalized spacial score (nSPS) is 54.0. The number of hydrogen-bond donors (Lipinski definition) is 5. The van der Waals surface area contributed by atoms with E-state index in [2.05, 4.69) is 20.8 Å².